The molecule has 0 aliphatic carbocycles. The number of hydrogen-bond acceptors (Lipinski definition) is 2. The number of hydrogen-bond donors (Lipinski definition) is 1. The van der Waals surface area contributed by atoms with Crippen molar-refractivity contribution in [3.8, 4) is 0 Å². The van der Waals surface area contributed by atoms with Crippen LogP contribution >= 0.6 is 11.8 Å². The summed E-state index contributed by atoms with van der Waals surface area (Å²) in [5, 5.41) is 6.07. The average molecular weight is 404 g/mol. The number of unbranched alkanes of at least 4 members (excludes halogenated alkanes) is 1. The van der Waals surface area contributed by atoms with Crippen LogP contribution in [0.25, 0.3) is 10.8 Å². The predicted molar refractivity (Wildman–Crippen MR) is 112 cm³/mol. The third-order valence-corrected chi connectivity index (χ3v) is 5.82. The molecule has 0 radical (unpaired) electrons. The maximum Gasteiger partial charge on any atom is 0.416 e. The Kier molecular flexibility index (Phi) is 7.03. The van der Waals surface area contributed by atoms with Crippen LogP contribution in [0.2, 0.25) is 0 Å². The first-order valence-corrected chi connectivity index (χ1v) is 10.4. The predicted octanol–water partition coefficient (Wildman–Crippen LogP) is 7.08. The van der Waals surface area contributed by atoms with Crippen molar-refractivity contribution < 1.29 is 13.2 Å². The van der Waals surface area contributed by atoms with Crippen LogP contribution in [-0.2, 0) is 6.18 Å². The largest absolute Gasteiger partial charge is 0.416 e. The quantitative estimate of drug-likeness (QED) is 0.318. The van der Waals surface area contributed by atoms with Gasteiger partial charge in [0, 0.05) is 10.9 Å². The van der Waals surface area contributed by atoms with E-state index in [4.69, 9.17) is 0 Å². The molecule has 3 rings (SSSR count). The van der Waals surface area contributed by atoms with E-state index < -0.39 is 11.7 Å². The third-order valence-electron chi connectivity index (χ3n) is 4.74. The fourth-order valence-corrected chi connectivity index (χ4v) is 4.21. The Labute approximate surface area is 168 Å². The summed E-state index contributed by atoms with van der Waals surface area (Å²) < 4.78 is 38.3. The van der Waals surface area contributed by atoms with E-state index in [0.717, 1.165) is 31.2 Å². The van der Waals surface area contributed by atoms with Crippen LogP contribution in [0.4, 0.5) is 13.2 Å². The summed E-state index contributed by atoms with van der Waals surface area (Å²) in [4.78, 5) is 0.673. The van der Waals surface area contributed by atoms with Gasteiger partial charge in [0.25, 0.3) is 0 Å². The van der Waals surface area contributed by atoms with Crippen molar-refractivity contribution in [1.82, 2.24) is 5.32 Å². The highest BCUT2D eigenvalue weighted by Gasteiger charge is 2.30. The molecule has 148 valence electrons. The van der Waals surface area contributed by atoms with Crippen LogP contribution < -0.4 is 5.32 Å². The Morgan fingerprint density at radius 1 is 0.929 bits per heavy atom. The average Bonchev–Trinajstić information content (AvgIpc) is 2.69. The van der Waals surface area contributed by atoms with Crippen molar-refractivity contribution in [2.45, 2.75) is 36.9 Å². The van der Waals surface area contributed by atoms with Crippen LogP contribution in [0.5, 0.6) is 0 Å². The minimum atomic E-state index is -4.28. The van der Waals surface area contributed by atoms with Gasteiger partial charge in [-0.2, -0.15) is 13.2 Å². The first-order chi connectivity index (χ1) is 13.4. The Bertz CT molecular complexity index is 902. The monoisotopic (exact) mass is 403 g/mol. The summed E-state index contributed by atoms with van der Waals surface area (Å²) >= 11 is 1.48. The SMILES string of the molecule is C[C@@H](NCCCCSc1cccc(C(F)(F)F)c1)c1cccc2ccccc12. The molecular weight excluding hydrogens is 379 g/mol. The van der Waals surface area contributed by atoms with Crippen LogP contribution in [-0.4, -0.2) is 12.3 Å². The second kappa shape index (κ2) is 9.48. The van der Waals surface area contributed by atoms with E-state index in [1.165, 1.54) is 40.2 Å². The van der Waals surface area contributed by atoms with E-state index >= 15 is 0 Å². The van der Waals surface area contributed by atoms with Gasteiger partial charge in [-0.3, -0.25) is 0 Å². The number of rotatable bonds is 8. The van der Waals surface area contributed by atoms with Gasteiger partial charge >= 0.3 is 6.18 Å². The highest BCUT2D eigenvalue weighted by Crippen LogP contribution is 2.32. The lowest BCUT2D eigenvalue weighted by Crippen LogP contribution is -2.20. The van der Waals surface area contributed by atoms with E-state index in [9.17, 15) is 13.2 Å². The van der Waals surface area contributed by atoms with Gasteiger partial charge in [-0.15, -0.1) is 11.8 Å². The molecule has 0 bridgehead atoms. The number of halogens is 3. The Morgan fingerprint density at radius 2 is 1.68 bits per heavy atom. The molecule has 0 fully saturated rings. The Morgan fingerprint density at radius 3 is 2.50 bits per heavy atom. The lowest BCUT2D eigenvalue weighted by molar-refractivity contribution is -0.137. The molecule has 0 spiro atoms. The summed E-state index contributed by atoms with van der Waals surface area (Å²) in [6.07, 6.45) is -2.34. The molecule has 0 heterocycles. The highest BCUT2D eigenvalue weighted by molar-refractivity contribution is 7.99. The zero-order chi connectivity index (χ0) is 20.0. The van der Waals surface area contributed by atoms with E-state index in [1.54, 1.807) is 6.07 Å². The molecule has 0 aliphatic rings. The molecule has 3 aromatic carbocycles. The number of fused-ring (bicyclic) bond motifs is 1. The fourth-order valence-electron chi connectivity index (χ4n) is 3.24. The number of benzene rings is 3. The van der Waals surface area contributed by atoms with Crippen molar-refractivity contribution in [3.05, 3.63) is 77.9 Å². The van der Waals surface area contributed by atoms with Gasteiger partial charge in [-0.05, 0) is 66.6 Å². The standard InChI is InChI=1S/C23H24F3NS/c1-17(21-13-6-9-18-8-2-3-12-22(18)21)27-14-4-5-15-28-20-11-7-10-19(16-20)23(24,25)26/h2-3,6-13,16-17,27H,4-5,14-15H2,1H3/t17-/m1/s1. The minimum absolute atomic E-state index is 0.252. The van der Waals surface area contributed by atoms with Crippen LogP contribution in [0.15, 0.2) is 71.6 Å². The van der Waals surface area contributed by atoms with Crippen molar-refractivity contribution >= 4 is 22.5 Å². The van der Waals surface area contributed by atoms with Gasteiger partial charge < -0.3 is 5.32 Å². The number of alkyl halides is 3. The highest BCUT2D eigenvalue weighted by atomic mass is 32.2. The van der Waals surface area contributed by atoms with Gasteiger partial charge in [-0.25, -0.2) is 0 Å². The van der Waals surface area contributed by atoms with E-state index in [1.807, 2.05) is 6.07 Å². The van der Waals surface area contributed by atoms with Gasteiger partial charge in [0.15, 0.2) is 0 Å². The van der Waals surface area contributed by atoms with Crippen LogP contribution in [0.1, 0.15) is 36.9 Å². The fraction of sp³-hybridized carbons (Fsp3) is 0.304. The second-order valence-electron chi connectivity index (χ2n) is 6.83. The summed E-state index contributed by atoms with van der Waals surface area (Å²) in [5.41, 5.74) is 0.708. The molecule has 0 aromatic heterocycles. The smallest absolute Gasteiger partial charge is 0.310 e. The third kappa shape index (κ3) is 5.52. The molecule has 28 heavy (non-hydrogen) atoms. The molecule has 0 amide bonds. The van der Waals surface area contributed by atoms with Gasteiger partial charge in [0.2, 0.25) is 0 Å². The van der Waals surface area contributed by atoms with Gasteiger partial charge in [0.1, 0.15) is 0 Å². The molecular formula is C23H24F3NS. The Hall–Kier alpha value is -1.98. The summed E-state index contributed by atoms with van der Waals surface area (Å²) in [7, 11) is 0. The van der Waals surface area contributed by atoms with E-state index in [0.29, 0.717) is 4.90 Å². The lowest BCUT2D eigenvalue weighted by Gasteiger charge is -2.16. The lowest BCUT2D eigenvalue weighted by atomic mass is 9.99. The first-order valence-electron chi connectivity index (χ1n) is 9.46. The topological polar surface area (TPSA) is 12.0 Å². The number of thioether (sulfide) groups is 1. The molecule has 1 nitrogen and oxygen atoms in total. The maximum atomic E-state index is 12.8. The first kappa shape index (κ1) is 20.7. The molecule has 0 aliphatic heterocycles. The van der Waals surface area contributed by atoms with Crippen molar-refractivity contribution in [2.75, 3.05) is 12.3 Å². The van der Waals surface area contributed by atoms with Crippen LogP contribution in [0, 0.1) is 0 Å². The van der Waals surface area contributed by atoms with Crippen LogP contribution in [0.3, 0.4) is 0 Å². The van der Waals surface area contributed by atoms with Gasteiger partial charge in [0.05, 0.1) is 5.56 Å². The Balaban J connectivity index is 1.43. The molecule has 0 saturated heterocycles. The van der Waals surface area contributed by atoms with E-state index in [-0.39, 0.29) is 6.04 Å². The molecule has 3 aromatic rings. The molecule has 0 saturated carbocycles. The molecule has 1 atom stereocenters. The zero-order valence-corrected chi connectivity index (χ0v) is 16.6. The summed E-state index contributed by atoms with van der Waals surface area (Å²) in [6, 6.07) is 20.5. The normalized spacial score (nSPS) is 13.0. The molecule has 5 heteroatoms. The summed E-state index contributed by atoms with van der Waals surface area (Å²) in [5.74, 6) is 0.811. The molecule has 1 N–H and O–H groups in total. The minimum Gasteiger partial charge on any atom is -0.310 e. The molecule has 0 unspecified atom stereocenters. The van der Waals surface area contributed by atoms with E-state index in [2.05, 4.69) is 48.6 Å². The zero-order valence-electron chi connectivity index (χ0n) is 15.8. The van der Waals surface area contributed by atoms with Crippen molar-refractivity contribution in [2.24, 2.45) is 0 Å². The van der Waals surface area contributed by atoms with Crippen molar-refractivity contribution in [3.63, 3.8) is 0 Å². The number of nitrogens with one attached hydrogen (secondary N) is 1. The summed E-state index contributed by atoms with van der Waals surface area (Å²) in [6.45, 7) is 3.05. The maximum absolute atomic E-state index is 12.8. The van der Waals surface area contributed by atoms with Gasteiger partial charge in [-0.1, -0.05) is 48.5 Å². The van der Waals surface area contributed by atoms with Crippen molar-refractivity contribution in [1.29, 1.82) is 0 Å². The second-order valence-corrected chi connectivity index (χ2v) is 7.99.